The Balaban J connectivity index is 1.35. The van der Waals surface area contributed by atoms with E-state index < -0.39 is 10.8 Å². The van der Waals surface area contributed by atoms with Gasteiger partial charge < -0.3 is 14.0 Å². The first-order valence-electron chi connectivity index (χ1n) is 16.5. The molecule has 0 bridgehead atoms. The van der Waals surface area contributed by atoms with Crippen LogP contribution in [-0.2, 0) is 15.5 Å². The van der Waals surface area contributed by atoms with E-state index in [1.54, 1.807) is 14.2 Å². The summed E-state index contributed by atoms with van der Waals surface area (Å²) in [7, 11) is 1.73. The molecule has 1 unspecified atom stereocenters. The lowest BCUT2D eigenvalue weighted by atomic mass is 10.1. The molecule has 9 heteroatoms. The Hall–Kier alpha value is -6.16. The maximum absolute atomic E-state index is 13.2. The minimum absolute atomic E-state index is 0.0716. The Bertz CT molecular complexity index is 2720. The number of nitrogens with zero attached hydrogens (tertiary/aromatic N) is 5. The van der Waals surface area contributed by atoms with Crippen LogP contribution in [0.4, 0.5) is 0 Å². The maximum atomic E-state index is 13.2. The molecular formula is C42H31N5O3S. The van der Waals surface area contributed by atoms with Gasteiger partial charge in [0.1, 0.15) is 11.7 Å². The standard InChI is InChI=1S/C42H31N5O3S/c1-49-26-51(48)39-23-29(21-22-38(39)50-2)46-34-19-11-9-17-30(34)32-25-37-33(24-36(32)46)31-18-10-12-20-35(31)47(37)42-44-40(27-13-5-3-6-14-27)43-41(45-42)28-15-7-4-8-16-28/h3-25H,26H2,1-2H3. The number of rotatable bonds is 8. The van der Waals surface area contributed by atoms with E-state index in [-0.39, 0.29) is 5.94 Å². The molecule has 1 atom stereocenters. The second kappa shape index (κ2) is 12.6. The van der Waals surface area contributed by atoms with Gasteiger partial charge in [-0.1, -0.05) is 97.1 Å². The van der Waals surface area contributed by atoms with Crippen LogP contribution in [0.25, 0.3) is 78.0 Å². The molecule has 8 nitrogen and oxygen atoms in total. The molecule has 9 rings (SSSR count). The van der Waals surface area contributed by atoms with Crippen LogP contribution in [0.2, 0.25) is 0 Å². The van der Waals surface area contributed by atoms with Crippen LogP contribution >= 0.6 is 0 Å². The number of methoxy groups -OCH3 is 2. The van der Waals surface area contributed by atoms with Gasteiger partial charge in [0.05, 0.1) is 44.9 Å². The van der Waals surface area contributed by atoms with Crippen molar-refractivity contribution in [2.24, 2.45) is 0 Å². The van der Waals surface area contributed by atoms with Crippen LogP contribution in [0, 0.1) is 0 Å². The average molecular weight is 686 g/mol. The summed E-state index contributed by atoms with van der Waals surface area (Å²) in [5.41, 5.74) is 6.72. The van der Waals surface area contributed by atoms with Gasteiger partial charge in [0.2, 0.25) is 5.95 Å². The molecule has 6 aromatic carbocycles. The highest BCUT2D eigenvalue weighted by Crippen LogP contribution is 2.40. The highest BCUT2D eigenvalue weighted by molar-refractivity contribution is 7.85. The van der Waals surface area contributed by atoms with Crippen molar-refractivity contribution >= 4 is 54.4 Å². The minimum atomic E-state index is -1.41. The van der Waals surface area contributed by atoms with Crippen molar-refractivity contribution in [2.45, 2.75) is 4.90 Å². The average Bonchev–Trinajstić information content (AvgIpc) is 3.69. The van der Waals surface area contributed by atoms with Crippen LogP contribution in [0.15, 0.2) is 144 Å². The van der Waals surface area contributed by atoms with Gasteiger partial charge in [0.15, 0.2) is 11.6 Å². The van der Waals surface area contributed by atoms with E-state index in [1.165, 1.54) is 0 Å². The van der Waals surface area contributed by atoms with E-state index in [0.29, 0.717) is 28.2 Å². The number of benzene rings is 6. The summed E-state index contributed by atoms with van der Waals surface area (Å²) in [6, 6.07) is 47.1. The van der Waals surface area contributed by atoms with Crippen LogP contribution in [-0.4, -0.2) is 48.5 Å². The van der Waals surface area contributed by atoms with E-state index in [2.05, 4.69) is 57.7 Å². The first-order valence-corrected chi connectivity index (χ1v) is 17.8. The van der Waals surface area contributed by atoms with Crippen LogP contribution in [0.3, 0.4) is 0 Å². The highest BCUT2D eigenvalue weighted by Gasteiger charge is 2.22. The zero-order valence-electron chi connectivity index (χ0n) is 27.9. The largest absolute Gasteiger partial charge is 0.495 e. The fraction of sp³-hybridized carbons (Fsp3) is 0.0714. The van der Waals surface area contributed by atoms with Gasteiger partial charge in [0, 0.05) is 45.5 Å². The third kappa shape index (κ3) is 5.17. The predicted molar refractivity (Wildman–Crippen MR) is 204 cm³/mol. The van der Waals surface area contributed by atoms with Gasteiger partial charge in [-0.25, -0.2) is 4.98 Å². The molecule has 9 aromatic rings. The molecule has 0 spiro atoms. The molecule has 0 aliphatic rings. The summed E-state index contributed by atoms with van der Waals surface area (Å²) >= 11 is 0. The summed E-state index contributed by atoms with van der Waals surface area (Å²) in [5, 5.41) is 4.29. The Kier molecular flexibility index (Phi) is 7.64. The van der Waals surface area contributed by atoms with Crippen LogP contribution in [0.5, 0.6) is 5.75 Å². The molecule has 0 aliphatic carbocycles. The summed E-state index contributed by atoms with van der Waals surface area (Å²) in [6.45, 7) is 0. The lowest BCUT2D eigenvalue weighted by molar-refractivity contribution is 0.254. The van der Waals surface area contributed by atoms with E-state index in [4.69, 9.17) is 24.4 Å². The SMILES string of the molecule is COCS(=O)c1cc(-n2c3ccccc3c3cc4c(cc32)c2ccccc2n4-c2nc(-c3ccccc3)nc(-c3ccccc3)n2)ccc1OC. The zero-order valence-corrected chi connectivity index (χ0v) is 28.7. The third-order valence-corrected chi connectivity index (χ3v) is 10.5. The van der Waals surface area contributed by atoms with Crippen molar-refractivity contribution in [3.63, 3.8) is 0 Å². The number of fused-ring (bicyclic) bond motifs is 6. The van der Waals surface area contributed by atoms with Crippen molar-refractivity contribution in [3.8, 4) is 40.2 Å². The van der Waals surface area contributed by atoms with E-state index >= 15 is 0 Å². The van der Waals surface area contributed by atoms with E-state index in [0.717, 1.165) is 60.4 Å². The molecule has 3 heterocycles. The fourth-order valence-corrected chi connectivity index (χ4v) is 7.94. The van der Waals surface area contributed by atoms with Gasteiger partial charge in [-0.05, 0) is 42.5 Å². The van der Waals surface area contributed by atoms with Gasteiger partial charge >= 0.3 is 0 Å². The van der Waals surface area contributed by atoms with Crippen molar-refractivity contribution < 1.29 is 13.7 Å². The van der Waals surface area contributed by atoms with Gasteiger partial charge in [0.25, 0.3) is 0 Å². The fourth-order valence-electron chi connectivity index (χ4n) is 6.97. The van der Waals surface area contributed by atoms with Crippen molar-refractivity contribution in [1.29, 1.82) is 0 Å². The molecule has 3 aromatic heterocycles. The molecule has 0 aliphatic heterocycles. The summed E-state index contributed by atoms with van der Waals surface area (Å²) in [4.78, 5) is 15.7. The van der Waals surface area contributed by atoms with Crippen LogP contribution in [0.1, 0.15) is 0 Å². The Morgan fingerprint density at radius 3 is 1.65 bits per heavy atom. The summed E-state index contributed by atoms with van der Waals surface area (Å²) in [5.74, 6) is 2.37. The van der Waals surface area contributed by atoms with Crippen molar-refractivity contribution in [3.05, 3.63) is 140 Å². The van der Waals surface area contributed by atoms with Gasteiger partial charge in [-0.15, -0.1) is 0 Å². The smallest absolute Gasteiger partial charge is 0.238 e. The molecular weight excluding hydrogens is 655 g/mol. The van der Waals surface area contributed by atoms with Crippen molar-refractivity contribution in [2.75, 3.05) is 20.2 Å². The Labute approximate surface area is 296 Å². The van der Waals surface area contributed by atoms with Gasteiger partial charge in [-0.2, -0.15) is 9.97 Å². The number of ether oxygens (including phenoxy) is 2. The molecule has 0 fully saturated rings. The topological polar surface area (TPSA) is 84.1 Å². The third-order valence-electron chi connectivity index (χ3n) is 9.23. The molecule has 0 saturated heterocycles. The molecule has 0 radical (unpaired) electrons. The number of para-hydroxylation sites is 2. The number of aromatic nitrogens is 5. The molecule has 0 N–H and O–H groups in total. The van der Waals surface area contributed by atoms with Crippen molar-refractivity contribution in [1.82, 2.24) is 24.1 Å². The van der Waals surface area contributed by atoms with E-state index in [9.17, 15) is 4.21 Å². The molecule has 0 saturated carbocycles. The predicted octanol–water partition coefficient (Wildman–Crippen LogP) is 9.12. The lowest BCUT2D eigenvalue weighted by Crippen LogP contribution is -2.06. The first-order chi connectivity index (χ1) is 25.1. The summed E-state index contributed by atoms with van der Waals surface area (Å²) in [6.07, 6.45) is 0. The quantitative estimate of drug-likeness (QED) is 0.159. The summed E-state index contributed by atoms with van der Waals surface area (Å²) < 4.78 is 28.5. The van der Waals surface area contributed by atoms with E-state index in [1.807, 2.05) is 91.0 Å². The minimum Gasteiger partial charge on any atom is -0.495 e. The first kappa shape index (κ1) is 30.9. The van der Waals surface area contributed by atoms with Crippen LogP contribution < -0.4 is 4.74 Å². The zero-order chi connectivity index (χ0) is 34.5. The second-order valence-corrected chi connectivity index (χ2v) is 13.6. The molecule has 51 heavy (non-hydrogen) atoms. The molecule has 248 valence electrons. The number of hydrogen-bond donors (Lipinski definition) is 0. The Morgan fingerprint density at radius 2 is 1.08 bits per heavy atom. The van der Waals surface area contributed by atoms with Gasteiger partial charge in [-0.3, -0.25) is 8.78 Å². The normalized spacial score (nSPS) is 12.3. The maximum Gasteiger partial charge on any atom is 0.238 e. The second-order valence-electron chi connectivity index (χ2n) is 12.2. The monoisotopic (exact) mass is 685 g/mol. The molecule has 0 amide bonds. The highest BCUT2D eigenvalue weighted by atomic mass is 32.2. The number of hydrogen-bond acceptors (Lipinski definition) is 6. The Morgan fingerprint density at radius 1 is 0.549 bits per heavy atom. The lowest BCUT2D eigenvalue weighted by Gasteiger charge is -2.13.